The normalized spacial score (nSPS) is 21.1. The van der Waals surface area contributed by atoms with Gasteiger partial charge in [-0.1, -0.05) is 13.8 Å². The second kappa shape index (κ2) is 5.86. The molecule has 1 rings (SSSR count). The fourth-order valence-electron chi connectivity index (χ4n) is 1.03. The van der Waals surface area contributed by atoms with Gasteiger partial charge in [0.1, 0.15) is 0 Å². The monoisotopic (exact) mass is 222 g/mol. The summed E-state index contributed by atoms with van der Waals surface area (Å²) in [4.78, 5) is 0. The van der Waals surface area contributed by atoms with Crippen LogP contribution >= 0.6 is 7.60 Å². The second-order valence-electron chi connectivity index (χ2n) is 3.42. The zero-order valence-electron chi connectivity index (χ0n) is 8.90. The van der Waals surface area contributed by atoms with Crippen molar-refractivity contribution in [2.45, 2.75) is 32.8 Å². The number of epoxide rings is 1. The van der Waals surface area contributed by atoms with Crippen LogP contribution in [-0.4, -0.2) is 32.1 Å². The molecule has 14 heavy (non-hydrogen) atoms. The van der Waals surface area contributed by atoms with Gasteiger partial charge >= 0.3 is 7.60 Å². The highest BCUT2D eigenvalue weighted by Gasteiger charge is 2.35. The predicted molar refractivity (Wildman–Crippen MR) is 54.7 cm³/mol. The molecular formula is C9H19O4P. The molecule has 1 fully saturated rings. The van der Waals surface area contributed by atoms with Crippen LogP contribution in [0.5, 0.6) is 0 Å². The molecule has 0 amide bonds. The second-order valence-corrected chi connectivity index (χ2v) is 5.52. The summed E-state index contributed by atoms with van der Waals surface area (Å²) in [7, 11) is -2.87. The molecule has 1 unspecified atom stereocenters. The fourth-order valence-corrected chi connectivity index (χ4v) is 2.94. The zero-order valence-corrected chi connectivity index (χ0v) is 9.79. The van der Waals surface area contributed by atoms with Crippen molar-refractivity contribution in [3.8, 4) is 0 Å². The van der Waals surface area contributed by atoms with E-state index in [0.717, 1.165) is 12.8 Å². The number of rotatable bonds is 8. The maximum atomic E-state index is 12.1. The average molecular weight is 222 g/mol. The topological polar surface area (TPSA) is 48.1 Å². The highest BCUT2D eigenvalue weighted by Crippen LogP contribution is 2.50. The van der Waals surface area contributed by atoms with E-state index in [1.165, 1.54) is 0 Å². The summed E-state index contributed by atoms with van der Waals surface area (Å²) in [6, 6.07) is 0. The largest absolute Gasteiger partial charge is 0.372 e. The Labute approximate surface area is 85.5 Å². The van der Waals surface area contributed by atoms with Crippen LogP contribution in [0, 0.1) is 0 Å². The Bertz CT molecular complexity index is 191. The van der Waals surface area contributed by atoms with Gasteiger partial charge < -0.3 is 13.8 Å². The Morgan fingerprint density at radius 1 is 1.29 bits per heavy atom. The third-order valence-corrected chi connectivity index (χ3v) is 3.82. The van der Waals surface area contributed by atoms with E-state index in [1.54, 1.807) is 0 Å². The molecule has 5 heteroatoms. The zero-order chi connectivity index (χ0) is 10.4. The standard InChI is InChI=1S/C9H19O4P/c1-3-5-12-14(10,13-6-4-2)8-9-7-11-9/h9H,3-8H2,1-2H3. The van der Waals surface area contributed by atoms with Gasteiger partial charge in [0.2, 0.25) is 0 Å². The van der Waals surface area contributed by atoms with Crippen molar-refractivity contribution in [2.75, 3.05) is 26.0 Å². The van der Waals surface area contributed by atoms with Gasteiger partial charge in [0.05, 0.1) is 32.1 Å². The van der Waals surface area contributed by atoms with Gasteiger partial charge in [-0.15, -0.1) is 0 Å². The molecule has 0 N–H and O–H groups in total. The molecule has 0 aromatic heterocycles. The number of hydrogen-bond donors (Lipinski definition) is 0. The molecule has 4 nitrogen and oxygen atoms in total. The summed E-state index contributed by atoms with van der Waals surface area (Å²) in [6.45, 7) is 5.64. The van der Waals surface area contributed by atoms with Crippen molar-refractivity contribution in [3.05, 3.63) is 0 Å². The summed E-state index contributed by atoms with van der Waals surface area (Å²) in [6.07, 6.45) is 2.21. The lowest BCUT2D eigenvalue weighted by atomic mass is 10.5. The minimum absolute atomic E-state index is 0.0922. The minimum atomic E-state index is -2.87. The molecule has 1 aliphatic rings. The van der Waals surface area contributed by atoms with E-state index < -0.39 is 7.60 Å². The van der Waals surface area contributed by atoms with Crippen LogP contribution in [0.1, 0.15) is 26.7 Å². The number of hydrogen-bond acceptors (Lipinski definition) is 4. The highest BCUT2D eigenvalue weighted by atomic mass is 31.2. The van der Waals surface area contributed by atoms with Crippen LogP contribution in [0.3, 0.4) is 0 Å². The predicted octanol–water partition coefficient (Wildman–Crippen LogP) is 2.43. The summed E-state index contributed by atoms with van der Waals surface area (Å²) < 4.78 is 27.7. The Hall–Kier alpha value is 0.110. The van der Waals surface area contributed by atoms with E-state index in [0.29, 0.717) is 26.0 Å². The molecule has 1 atom stereocenters. The molecule has 0 radical (unpaired) electrons. The van der Waals surface area contributed by atoms with Crippen molar-refractivity contribution in [2.24, 2.45) is 0 Å². The molecule has 1 saturated heterocycles. The Morgan fingerprint density at radius 2 is 1.79 bits per heavy atom. The third-order valence-electron chi connectivity index (χ3n) is 1.81. The first-order chi connectivity index (χ1) is 6.70. The van der Waals surface area contributed by atoms with Crippen molar-refractivity contribution in [1.29, 1.82) is 0 Å². The van der Waals surface area contributed by atoms with Crippen molar-refractivity contribution in [3.63, 3.8) is 0 Å². The van der Waals surface area contributed by atoms with E-state index in [-0.39, 0.29) is 6.10 Å². The van der Waals surface area contributed by atoms with E-state index >= 15 is 0 Å². The fraction of sp³-hybridized carbons (Fsp3) is 1.00. The molecule has 0 saturated carbocycles. The maximum Gasteiger partial charge on any atom is 0.333 e. The molecule has 0 bridgehead atoms. The average Bonchev–Trinajstić information content (AvgIpc) is 2.96. The molecule has 1 aliphatic heterocycles. The van der Waals surface area contributed by atoms with Crippen molar-refractivity contribution >= 4 is 7.60 Å². The summed E-state index contributed by atoms with van der Waals surface area (Å²) in [5.41, 5.74) is 0. The van der Waals surface area contributed by atoms with Crippen LogP contribution < -0.4 is 0 Å². The van der Waals surface area contributed by atoms with Crippen molar-refractivity contribution in [1.82, 2.24) is 0 Å². The molecule has 0 aromatic rings. The molecular weight excluding hydrogens is 203 g/mol. The van der Waals surface area contributed by atoms with Crippen LogP contribution in [0.2, 0.25) is 0 Å². The Morgan fingerprint density at radius 3 is 2.14 bits per heavy atom. The van der Waals surface area contributed by atoms with Gasteiger partial charge in [-0.2, -0.15) is 0 Å². The molecule has 0 aromatic carbocycles. The lowest BCUT2D eigenvalue weighted by molar-refractivity contribution is 0.202. The third kappa shape index (κ3) is 4.56. The quantitative estimate of drug-likeness (QED) is 0.467. The maximum absolute atomic E-state index is 12.1. The van der Waals surface area contributed by atoms with Gasteiger partial charge in [0, 0.05) is 0 Å². The van der Waals surface area contributed by atoms with E-state index in [1.807, 2.05) is 13.8 Å². The van der Waals surface area contributed by atoms with Gasteiger partial charge in [-0.05, 0) is 12.8 Å². The van der Waals surface area contributed by atoms with Gasteiger partial charge in [0.25, 0.3) is 0 Å². The molecule has 0 aliphatic carbocycles. The minimum Gasteiger partial charge on any atom is -0.372 e. The Balaban J connectivity index is 2.34. The summed E-state index contributed by atoms with van der Waals surface area (Å²) >= 11 is 0. The van der Waals surface area contributed by atoms with Gasteiger partial charge in [-0.25, -0.2) is 0 Å². The molecule has 0 spiro atoms. The van der Waals surface area contributed by atoms with Crippen LogP contribution in [0.15, 0.2) is 0 Å². The first kappa shape index (κ1) is 12.2. The summed E-state index contributed by atoms with van der Waals surface area (Å²) in [5.74, 6) is 0. The molecule has 84 valence electrons. The lowest BCUT2D eigenvalue weighted by Gasteiger charge is -2.16. The molecule has 1 heterocycles. The summed E-state index contributed by atoms with van der Waals surface area (Å²) in [5, 5.41) is 0. The first-order valence-corrected chi connectivity index (χ1v) is 6.92. The van der Waals surface area contributed by atoms with E-state index in [4.69, 9.17) is 13.8 Å². The smallest absolute Gasteiger partial charge is 0.333 e. The van der Waals surface area contributed by atoms with Gasteiger partial charge in [-0.3, -0.25) is 4.57 Å². The van der Waals surface area contributed by atoms with Crippen LogP contribution in [0.4, 0.5) is 0 Å². The number of ether oxygens (including phenoxy) is 1. The van der Waals surface area contributed by atoms with E-state index in [2.05, 4.69) is 0 Å². The Kier molecular flexibility index (Phi) is 5.10. The van der Waals surface area contributed by atoms with Gasteiger partial charge in [0.15, 0.2) is 0 Å². The van der Waals surface area contributed by atoms with Crippen LogP contribution in [0.25, 0.3) is 0 Å². The van der Waals surface area contributed by atoms with E-state index in [9.17, 15) is 4.57 Å². The SMILES string of the molecule is CCCOP(=O)(CC1CO1)OCCC. The lowest BCUT2D eigenvalue weighted by Crippen LogP contribution is -2.06. The first-order valence-electron chi connectivity index (χ1n) is 5.20. The van der Waals surface area contributed by atoms with Crippen LogP contribution in [-0.2, 0) is 18.3 Å². The van der Waals surface area contributed by atoms with Crippen molar-refractivity contribution < 1.29 is 18.3 Å². The highest BCUT2D eigenvalue weighted by molar-refractivity contribution is 7.53.